The zero-order valence-corrected chi connectivity index (χ0v) is 25.4. The third-order valence-corrected chi connectivity index (χ3v) is 8.42. The lowest BCUT2D eigenvalue weighted by atomic mass is 9.93. The highest BCUT2D eigenvalue weighted by atomic mass is 16.5. The van der Waals surface area contributed by atoms with Gasteiger partial charge in [0.05, 0.1) is 25.6 Å². The molecule has 2 aliphatic heterocycles. The van der Waals surface area contributed by atoms with Gasteiger partial charge in [0.1, 0.15) is 23.7 Å². The van der Waals surface area contributed by atoms with Crippen molar-refractivity contribution >= 4 is 5.97 Å². The topological polar surface area (TPSA) is 108 Å². The number of aromatic nitrogens is 3. The summed E-state index contributed by atoms with van der Waals surface area (Å²) < 4.78 is 25.1. The van der Waals surface area contributed by atoms with E-state index in [2.05, 4.69) is 22.1 Å². The largest absolute Gasteiger partial charge is 0.496 e. The van der Waals surface area contributed by atoms with Crippen molar-refractivity contribution in [3.63, 3.8) is 0 Å². The van der Waals surface area contributed by atoms with Crippen LogP contribution >= 0.6 is 0 Å². The van der Waals surface area contributed by atoms with Gasteiger partial charge in [-0.3, -0.25) is 4.90 Å². The molecule has 0 atom stereocenters. The molecule has 0 aliphatic carbocycles. The SMILES string of the molecule is CCOc1c(C(=O)O)cnn1-c1cccc(-c2cccc(C)c2OCc2ccc3c(c2OC)CCN(C2CCOCC2)C3)n1. The van der Waals surface area contributed by atoms with Crippen molar-refractivity contribution < 1.29 is 28.8 Å². The number of aromatic carboxylic acids is 1. The van der Waals surface area contributed by atoms with Gasteiger partial charge in [0.2, 0.25) is 5.88 Å². The number of nitrogens with zero attached hydrogens (tertiary/aromatic N) is 4. The Morgan fingerprint density at radius 3 is 2.66 bits per heavy atom. The third-order valence-electron chi connectivity index (χ3n) is 8.42. The van der Waals surface area contributed by atoms with Crippen molar-refractivity contribution in [3.8, 4) is 34.5 Å². The number of benzene rings is 2. The molecule has 0 unspecified atom stereocenters. The zero-order valence-electron chi connectivity index (χ0n) is 25.4. The van der Waals surface area contributed by atoms with Gasteiger partial charge >= 0.3 is 5.97 Å². The van der Waals surface area contributed by atoms with E-state index in [1.807, 2.05) is 37.3 Å². The van der Waals surface area contributed by atoms with Crippen molar-refractivity contribution in [2.45, 2.75) is 52.3 Å². The first-order chi connectivity index (χ1) is 21.5. The van der Waals surface area contributed by atoms with E-state index in [0.29, 0.717) is 30.8 Å². The third kappa shape index (κ3) is 5.87. The van der Waals surface area contributed by atoms with E-state index in [9.17, 15) is 9.90 Å². The molecule has 2 aliphatic rings. The van der Waals surface area contributed by atoms with Crippen LogP contribution in [0.2, 0.25) is 0 Å². The van der Waals surface area contributed by atoms with E-state index >= 15 is 0 Å². The molecule has 0 amide bonds. The molecule has 2 aromatic heterocycles. The molecular weight excluding hydrogens is 560 g/mol. The van der Waals surface area contributed by atoms with Crippen LogP contribution in [0.5, 0.6) is 17.4 Å². The van der Waals surface area contributed by atoms with Crippen LogP contribution in [0.25, 0.3) is 17.1 Å². The molecule has 44 heavy (non-hydrogen) atoms. The summed E-state index contributed by atoms with van der Waals surface area (Å²) in [4.78, 5) is 19.1. The Morgan fingerprint density at radius 1 is 1.07 bits per heavy atom. The molecule has 1 fully saturated rings. The molecule has 0 radical (unpaired) electrons. The highest BCUT2D eigenvalue weighted by molar-refractivity contribution is 5.90. The Hall–Kier alpha value is -4.41. The fraction of sp³-hybridized carbons (Fsp3) is 0.382. The molecular formula is C34H38N4O6. The Morgan fingerprint density at radius 2 is 1.89 bits per heavy atom. The molecule has 0 saturated carbocycles. The second-order valence-corrected chi connectivity index (χ2v) is 11.1. The van der Waals surface area contributed by atoms with Gasteiger partial charge in [-0.05, 0) is 62.4 Å². The average molecular weight is 599 g/mol. The summed E-state index contributed by atoms with van der Waals surface area (Å²) in [6, 6.07) is 16.4. The molecule has 4 aromatic rings. The second kappa shape index (κ2) is 13.1. The minimum Gasteiger partial charge on any atom is -0.496 e. The zero-order chi connectivity index (χ0) is 30.6. The van der Waals surface area contributed by atoms with Gasteiger partial charge in [0, 0.05) is 49.0 Å². The number of aryl methyl sites for hydroxylation is 1. The van der Waals surface area contributed by atoms with E-state index in [1.165, 1.54) is 22.0 Å². The van der Waals surface area contributed by atoms with Crippen LogP contribution in [0, 0.1) is 6.92 Å². The summed E-state index contributed by atoms with van der Waals surface area (Å²) in [5.74, 6) is 1.09. The van der Waals surface area contributed by atoms with Crippen LogP contribution in [-0.2, 0) is 24.3 Å². The van der Waals surface area contributed by atoms with Crippen molar-refractivity contribution in [1.82, 2.24) is 19.7 Å². The van der Waals surface area contributed by atoms with Crippen LogP contribution in [0.15, 0.2) is 54.7 Å². The Labute approximate surface area is 257 Å². The van der Waals surface area contributed by atoms with E-state index in [-0.39, 0.29) is 11.4 Å². The number of carbonyl (C=O) groups is 1. The first-order valence-electron chi connectivity index (χ1n) is 15.1. The standard InChI is InChI=1S/C34H38N4O6/c1-4-43-33-28(34(39)40)19-35-38(33)30-10-6-9-29(36-30)27-8-5-7-22(2)31(27)44-21-24-12-11-23-20-37(25-14-17-42-18-15-25)16-13-26(23)32(24)41-3/h5-12,19,25H,4,13-18,20-21H2,1-3H3,(H,39,40). The van der Waals surface area contributed by atoms with Crippen LogP contribution in [0.4, 0.5) is 0 Å². The summed E-state index contributed by atoms with van der Waals surface area (Å²) in [5.41, 5.74) is 6.02. The number of hydrogen-bond donors (Lipinski definition) is 1. The van der Waals surface area contributed by atoms with Crippen molar-refractivity contribution in [2.75, 3.05) is 33.5 Å². The number of carboxylic acid groups (broad SMARTS) is 1. The summed E-state index contributed by atoms with van der Waals surface area (Å²) in [6.07, 6.45) is 4.40. The second-order valence-electron chi connectivity index (χ2n) is 11.1. The molecule has 10 nitrogen and oxygen atoms in total. The van der Waals surface area contributed by atoms with E-state index in [1.54, 1.807) is 20.1 Å². The summed E-state index contributed by atoms with van der Waals surface area (Å²) >= 11 is 0. The average Bonchev–Trinajstić information content (AvgIpc) is 3.48. The highest BCUT2D eigenvalue weighted by Crippen LogP contribution is 2.37. The lowest BCUT2D eigenvalue weighted by Crippen LogP contribution is -2.42. The number of ether oxygens (including phenoxy) is 4. The number of rotatable bonds is 10. The molecule has 6 rings (SSSR count). The van der Waals surface area contributed by atoms with Gasteiger partial charge in [0.15, 0.2) is 5.82 Å². The normalized spacial score (nSPS) is 15.5. The monoisotopic (exact) mass is 598 g/mol. The molecule has 0 spiro atoms. The predicted octanol–water partition coefficient (Wildman–Crippen LogP) is 5.46. The molecule has 10 heteroatoms. The first-order valence-corrected chi connectivity index (χ1v) is 15.1. The summed E-state index contributed by atoms with van der Waals surface area (Å²) in [6.45, 7) is 8.07. The van der Waals surface area contributed by atoms with Crippen molar-refractivity contribution in [2.24, 2.45) is 0 Å². The maximum atomic E-state index is 11.7. The molecule has 1 N–H and O–H groups in total. The number of pyridine rings is 1. The number of carboxylic acids is 1. The summed E-state index contributed by atoms with van der Waals surface area (Å²) in [5, 5.41) is 13.8. The Kier molecular flexibility index (Phi) is 8.81. The van der Waals surface area contributed by atoms with Crippen molar-refractivity contribution in [1.29, 1.82) is 0 Å². The lowest BCUT2D eigenvalue weighted by molar-refractivity contribution is 0.0289. The highest BCUT2D eigenvalue weighted by Gasteiger charge is 2.28. The number of para-hydroxylation sites is 1. The maximum absolute atomic E-state index is 11.7. The maximum Gasteiger partial charge on any atom is 0.342 e. The fourth-order valence-electron chi connectivity index (χ4n) is 6.23. The number of fused-ring (bicyclic) bond motifs is 1. The minimum absolute atomic E-state index is 0.0195. The number of hydrogen-bond acceptors (Lipinski definition) is 8. The molecule has 1 saturated heterocycles. The van der Waals surface area contributed by atoms with Crippen LogP contribution < -0.4 is 14.2 Å². The van der Waals surface area contributed by atoms with Crippen molar-refractivity contribution in [3.05, 3.63) is 82.5 Å². The number of methoxy groups -OCH3 is 1. The molecule has 2 aromatic carbocycles. The fourth-order valence-corrected chi connectivity index (χ4v) is 6.23. The smallest absolute Gasteiger partial charge is 0.342 e. The van der Waals surface area contributed by atoms with Crippen LogP contribution in [0.3, 0.4) is 0 Å². The quantitative estimate of drug-likeness (QED) is 0.254. The van der Waals surface area contributed by atoms with E-state index in [0.717, 1.165) is 73.8 Å². The van der Waals surface area contributed by atoms with Gasteiger partial charge in [-0.15, -0.1) is 0 Å². The van der Waals surface area contributed by atoms with Gasteiger partial charge in [-0.2, -0.15) is 9.78 Å². The summed E-state index contributed by atoms with van der Waals surface area (Å²) in [7, 11) is 1.74. The van der Waals surface area contributed by atoms with E-state index in [4.69, 9.17) is 23.9 Å². The van der Waals surface area contributed by atoms with Crippen LogP contribution in [-0.4, -0.2) is 70.3 Å². The van der Waals surface area contributed by atoms with Gasteiger partial charge in [0.25, 0.3) is 0 Å². The van der Waals surface area contributed by atoms with Gasteiger partial charge < -0.3 is 24.1 Å². The predicted molar refractivity (Wildman–Crippen MR) is 165 cm³/mol. The lowest BCUT2D eigenvalue weighted by Gasteiger charge is -2.38. The van der Waals surface area contributed by atoms with E-state index < -0.39 is 5.97 Å². The molecule has 0 bridgehead atoms. The van der Waals surface area contributed by atoms with Gasteiger partial charge in [-0.25, -0.2) is 9.78 Å². The van der Waals surface area contributed by atoms with Gasteiger partial charge in [-0.1, -0.05) is 30.3 Å². The Bertz CT molecular complexity index is 1640. The molecule has 230 valence electrons. The Balaban J connectivity index is 1.26. The van der Waals surface area contributed by atoms with Crippen LogP contribution in [0.1, 0.15) is 52.4 Å². The minimum atomic E-state index is -1.11. The first kappa shape index (κ1) is 29.7. The molecule has 4 heterocycles.